The van der Waals surface area contributed by atoms with Crippen LogP contribution in [0.4, 0.5) is 11.9 Å². The number of aromatic nitrogens is 6. The Kier molecular flexibility index (Phi) is 11.0. The van der Waals surface area contributed by atoms with Crippen LogP contribution in [-0.4, -0.2) is 106 Å². The van der Waals surface area contributed by atoms with Crippen molar-refractivity contribution in [2.45, 2.75) is 52.2 Å². The molecule has 4 heterocycles. The Morgan fingerprint density at radius 3 is 2.60 bits per heavy atom. The fraction of sp³-hybridized carbons (Fsp3) is 0.444. The number of amides is 2. The van der Waals surface area contributed by atoms with Crippen molar-refractivity contribution in [1.29, 1.82) is 0 Å². The number of aldehydes is 1. The molecule has 0 fully saturated rings. The van der Waals surface area contributed by atoms with Gasteiger partial charge in [-0.25, -0.2) is 9.97 Å². The molecule has 1 atom stereocenters. The second kappa shape index (κ2) is 15.8. The lowest BCUT2D eigenvalue weighted by Crippen LogP contribution is -2.25. The molecule has 2 aromatic carbocycles. The predicted octanol–water partition coefficient (Wildman–Crippen LogP) is 3.88. The third-order valence-corrected chi connectivity index (χ3v) is 9.22. The van der Waals surface area contributed by atoms with Gasteiger partial charge in [0, 0.05) is 51.5 Å². The number of aryl methyl sites for hydroxylation is 3. The Balaban J connectivity index is 1.30. The molecule has 0 aliphatic carbocycles. The van der Waals surface area contributed by atoms with E-state index in [2.05, 4.69) is 25.2 Å². The van der Waals surface area contributed by atoms with E-state index < -0.39 is 5.91 Å². The number of carbonyl (C=O) groups is 3. The number of nitrogens with one attached hydrogen (secondary N) is 2. The van der Waals surface area contributed by atoms with Gasteiger partial charge in [-0.2, -0.15) is 5.10 Å². The van der Waals surface area contributed by atoms with Crippen LogP contribution in [0.15, 0.2) is 30.3 Å². The molecule has 1 aliphatic rings. The Hall–Kier alpha value is -5.48. The molecule has 1 aliphatic heterocycles. The van der Waals surface area contributed by atoms with E-state index in [1.807, 2.05) is 25.5 Å². The van der Waals surface area contributed by atoms with Crippen molar-refractivity contribution in [2.24, 2.45) is 5.73 Å². The van der Waals surface area contributed by atoms with Crippen LogP contribution in [0.3, 0.4) is 0 Å². The number of fused-ring (bicyclic) bond motifs is 1. The quantitative estimate of drug-likeness (QED) is 0.0884. The van der Waals surface area contributed by atoms with Gasteiger partial charge >= 0.3 is 0 Å². The fourth-order valence-electron chi connectivity index (χ4n) is 6.69. The molecule has 4 N–H and O–H groups in total. The summed E-state index contributed by atoms with van der Waals surface area (Å²) < 4.78 is 23.4. The third-order valence-electron chi connectivity index (χ3n) is 9.22. The molecule has 0 unspecified atom stereocenters. The minimum atomic E-state index is -0.549. The van der Waals surface area contributed by atoms with E-state index in [-0.39, 0.29) is 11.9 Å². The average molecular weight is 715 g/mol. The molecule has 0 spiro atoms. The number of primary amides is 1. The Bertz CT molecular complexity index is 2100. The van der Waals surface area contributed by atoms with Gasteiger partial charge in [-0.15, -0.1) is 0 Å². The number of benzene rings is 2. The molecule has 3 aromatic heterocycles. The van der Waals surface area contributed by atoms with Crippen LogP contribution in [0.25, 0.3) is 22.1 Å². The number of hydrogen-bond acceptors (Lipinski definition) is 11. The molecule has 0 radical (unpaired) electrons. The smallest absolute Gasteiger partial charge is 0.276 e. The number of rotatable bonds is 18. The first-order chi connectivity index (χ1) is 25.1. The first kappa shape index (κ1) is 36.3. The number of nitrogens with zero attached hydrogens (tertiary/aromatic N) is 7. The summed E-state index contributed by atoms with van der Waals surface area (Å²) in [5.41, 5.74) is 10.1. The number of imidazole rings is 2. The number of anilines is 2. The second-order valence-corrected chi connectivity index (χ2v) is 12.9. The van der Waals surface area contributed by atoms with Gasteiger partial charge in [0.05, 0.1) is 36.0 Å². The van der Waals surface area contributed by atoms with Crippen LogP contribution in [0.5, 0.6) is 11.5 Å². The highest BCUT2D eigenvalue weighted by Crippen LogP contribution is 2.39. The lowest BCUT2D eigenvalue weighted by molar-refractivity contribution is 0.0995. The lowest BCUT2D eigenvalue weighted by Gasteiger charge is -2.27. The molecule has 0 bridgehead atoms. The van der Waals surface area contributed by atoms with Crippen LogP contribution in [0, 0.1) is 6.92 Å². The van der Waals surface area contributed by atoms with Crippen molar-refractivity contribution in [3.05, 3.63) is 52.8 Å². The van der Waals surface area contributed by atoms with E-state index in [9.17, 15) is 14.4 Å². The highest BCUT2D eigenvalue weighted by atomic mass is 16.5. The minimum Gasteiger partial charge on any atom is -0.491 e. The van der Waals surface area contributed by atoms with Crippen molar-refractivity contribution < 1.29 is 28.6 Å². The zero-order chi connectivity index (χ0) is 36.9. The molecule has 5 aromatic rings. The summed E-state index contributed by atoms with van der Waals surface area (Å²) in [6, 6.07) is 8.42. The van der Waals surface area contributed by atoms with Gasteiger partial charge in [0.25, 0.3) is 5.91 Å². The first-order valence-electron chi connectivity index (χ1n) is 17.5. The number of ether oxygens (including phenoxy) is 3. The van der Waals surface area contributed by atoms with Gasteiger partial charge < -0.3 is 39.3 Å². The SMILES string of the molecule is CCn1nc(C)cc1C(=O)Nc1nc2cc(C=O)cc(OCCCN(C)CCOC)c2n1CCC[C@H]1COc2cc(C(N)=O)cc3nc(NC)n1c23. The number of nitrogens with two attached hydrogens (primary N) is 1. The van der Waals surface area contributed by atoms with Gasteiger partial charge in [-0.3, -0.25) is 24.4 Å². The lowest BCUT2D eigenvalue weighted by atomic mass is 10.1. The molecule has 16 heteroatoms. The zero-order valence-electron chi connectivity index (χ0n) is 30.3. The standard InChI is InChI=1S/C36H46N10O6/c1-6-45-28(15-22(2)42-45)34(49)41-36-40-26-16-23(20-47)17-29(51-13-8-10-43(4)12-14-50-5)31(26)44(36)11-7-9-25-21-52-30-19-24(33(37)48)18-27-32(30)46(25)35(38-3)39-27/h15-20,25H,6-14,21H2,1-5H3,(H2,37,48)(H,38,39)(H,40,41,49)/t25-/m0/s1. The van der Waals surface area contributed by atoms with Crippen molar-refractivity contribution >= 4 is 52.1 Å². The van der Waals surface area contributed by atoms with E-state index in [0.29, 0.717) is 103 Å². The molecule has 6 rings (SSSR count). The maximum atomic E-state index is 13.7. The predicted molar refractivity (Wildman–Crippen MR) is 197 cm³/mol. The van der Waals surface area contributed by atoms with Crippen LogP contribution in [-0.2, 0) is 17.8 Å². The van der Waals surface area contributed by atoms with Crippen LogP contribution in [0.1, 0.15) is 69.1 Å². The first-order valence-corrected chi connectivity index (χ1v) is 17.5. The largest absolute Gasteiger partial charge is 0.491 e. The van der Waals surface area contributed by atoms with Crippen molar-refractivity contribution in [1.82, 2.24) is 33.8 Å². The van der Waals surface area contributed by atoms with Crippen LogP contribution >= 0.6 is 0 Å². The van der Waals surface area contributed by atoms with Gasteiger partial charge in [0.15, 0.2) is 0 Å². The molecule has 52 heavy (non-hydrogen) atoms. The van der Waals surface area contributed by atoms with E-state index >= 15 is 0 Å². The number of likely N-dealkylation sites (N-methyl/N-ethyl adjacent to an activating group) is 1. The molecule has 2 amide bonds. The van der Waals surface area contributed by atoms with Gasteiger partial charge in [0.2, 0.25) is 17.8 Å². The highest BCUT2D eigenvalue weighted by molar-refractivity contribution is 6.03. The number of methoxy groups -OCH3 is 1. The Morgan fingerprint density at radius 2 is 1.87 bits per heavy atom. The zero-order valence-corrected chi connectivity index (χ0v) is 30.3. The van der Waals surface area contributed by atoms with Crippen LogP contribution in [0.2, 0.25) is 0 Å². The third kappa shape index (κ3) is 7.43. The Labute approximate surface area is 301 Å². The van der Waals surface area contributed by atoms with Crippen LogP contribution < -0.4 is 25.8 Å². The minimum absolute atomic E-state index is 0.0819. The van der Waals surface area contributed by atoms with E-state index in [4.69, 9.17) is 29.9 Å². The van der Waals surface area contributed by atoms with Gasteiger partial charge in [-0.05, 0) is 70.5 Å². The van der Waals surface area contributed by atoms with Crippen molar-refractivity contribution in [3.63, 3.8) is 0 Å². The number of hydrogen-bond donors (Lipinski definition) is 3. The molecule has 0 saturated heterocycles. The summed E-state index contributed by atoms with van der Waals surface area (Å²) >= 11 is 0. The summed E-state index contributed by atoms with van der Waals surface area (Å²) in [5, 5.41) is 10.6. The normalized spacial score (nSPS) is 13.8. The van der Waals surface area contributed by atoms with E-state index in [1.165, 1.54) is 0 Å². The molecule has 276 valence electrons. The van der Waals surface area contributed by atoms with Crippen molar-refractivity contribution in [2.75, 3.05) is 64.7 Å². The molecular formula is C36H46N10O6. The van der Waals surface area contributed by atoms with Gasteiger partial charge in [0.1, 0.15) is 41.1 Å². The van der Waals surface area contributed by atoms with E-state index in [1.54, 1.807) is 49.2 Å². The summed E-state index contributed by atoms with van der Waals surface area (Å²) in [6.45, 7) is 7.79. The van der Waals surface area contributed by atoms with Gasteiger partial charge in [-0.1, -0.05) is 0 Å². The summed E-state index contributed by atoms with van der Waals surface area (Å²) in [6.07, 6.45) is 2.86. The maximum Gasteiger partial charge on any atom is 0.276 e. The Morgan fingerprint density at radius 1 is 1.08 bits per heavy atom. The monoisotopic (exact) mass is 714 g/mol. The van der Waals surface area contributed by atoms with Crippen molar-refractivity contribution in [3.8, 4) is 11.5 Å². The van der Waals surface area contributed by atoms with E-state index in [0.717, 1.165) is 37.0 Å². The highest BCUT2D eigenvalue weighted by Gasteiger charge is 2.28. The maximum absolute atomic E-state index is 13.7. The summed E-state index contributed by atoms with van der Waals surface area (Å²) in [7, 11) is 5.52. The molecular weight excluding hydrogens is 668 g/mol. The second-order valence-electron chi connectivity index (χ2n) is 12.9. The summed E-state index contributed by atoms with van der Waals surface area (Å²) in [5.74, 6) is 1.16. The summed E-state index contributed by atoms with van der Waals surface area (Å²) in [4.78, 5) is 49.3. The molecule has 16 nitrogen and oxygen atoms in total. The fourth-order valence-corrected chi connectivity index (χ4v) is 6.69. The molecule has 0 saturated carbocycles. The number of carbonyl (C=O) groups excluding carboxylic acids is 3. The topological polar surface area (TPSA) is 186 Å². The average Bonchev–Trinajstić information content (AvgIpc) is 3.82.